The van der Waals surface area contributed by atoms with Crippen molar-refractivity contribution >= 4 is 34.6 Å². The van der Waals surface area contributed by atoms with Crippen LogP contribution in [0.2, 0.25) is 0 Å². The molecule has 0 bridgehead atoms. The van der Waals surface area contributed by atoms with Crippen LogP contribution < -0.4 is 20.2 Å². The zero-order valence-corrected chi connectivity index (χ0v) is 17.4. The number of aromatic hydroxyl groups is 1. The summed E-state index contributed by atoms with van der Waals surface area (Å²) in [5, 5.41) is 16.9. The van der Waals surface area contributed by atoms with Gasteiger partial charge in [0.2, 0.25) is 0 Å². The predicted molar refractivity (Wildman–Crippen MR) is 117 cm³/mol. The number of rotatable bonds is 7. The van der Waals surface area contributed by atoms with Crippen molar-refractivity contribution in [2.45, 2.75) is 6.36 Å². The maximum atomic E-state index is 12.3. The van der Waals surface area contributed by atoms with Gasteiger partial charge in [-0.15, -0.1) is 13.2 Å². The molecule has 0 fully saturated rings. The molecule has 0 spiro atoms. The normalized spacial score (nSPS) is 11.5. The first-order valence-corrected chi connectivity index (χ1v) is 9.57. The fraction of sp³-hybridized carbons (Fsp3) is 0.0952. The van der Waals surface area contributed by atoms with Gasteiger partial charge in [0.05, 0.1) is 13.3 Å². The minimum absolute atomic E-state index is 0.0274. The summed E-state index contributed by atoms with van der Waals surface area (Å²) in [4.78, 5) is 16.7. The second kappa shape index (κ2) is 9.44. The lowest BCUT2D eigenvalue weighted by molar-refractivity contribution is -0.274. The number of halogens is 3. The summed E-state index contributed by atoms with van der Waals surface area (Å²) in [5.74, 6) is 0.566. The molecule has 3 N–H and O–H groups in total. The van der Waals surface area contributed by atoms with Crippen molar-refractivity contribution in [1.29, 1.82) is 0 Å². The highest BCUT2D eigenvalue weighted by Gasteiger charge is 2.30. The number of phenolic OH excluding ortho intramolecular Hbond substituents is 1. The molecule has 34 heavy (non-hydrogen) atoms. The monoisotopic (exact) mass is 471 g/mol. The van der Waals surface area contributed by atoms with Crippen LogP contribution in [-0.2, 0) is 0 Å². The summed E-state index contributed by atoms with van der Waals surface area (Å²) < 4.78 is 45.9. The molecular weight excluding hydrogens is 455 g/mol. The first-order valence-electron chi connectivity index (χ1n) is 9.57. The number of hydrazone groups is 1. The van der Waals surface area contributed by atoms with E-state index in [1.54, 1.807) is 12.1 Å². The Balaban J connectivity index is 1.52. The Morgan fingerprint density at radius 2 is 1.62 bits per heavy atom. The van der Waals surface area contributed by atoms with Crippen LogP contribution >= 0.6 is 0 Å². The number of aromatic nitrogens is 4. The Bertz CT molecular complexity index is 1330. The highest BCUT2D eigenvalue weighted by Crippen LogP contribution is 2.28. The van der Waals surface area contributed by atoms with Gasteiger partial charge in [-0.25, -0.2) is 19.9 Å². The minimum Gasteiger partial charge on any atom is -0.504 e. The highest BCUT2D eigenvalue weighted by atomic mass is 19.4. The molecule has 0 atom stereocenters. The molecule has 0 radical (unpaired) electrons. The summed E-state index contributed by atoms with van der Waals surface area (Å²) in [5.41, 5.74) is 4.55. The third kappa shape index (κ3) is 5.38. The molecule has 10 nitrogen and oxygen atoms in total. The number of fused-ring (bicyclic) bond motifs is 1. The molecule has 0 aliphatic heterocycles. The topological polar surface area (TPSA) is 127 Å². The van der Waals surface area contributed by atoms with Gasteiger partial charge >= 0.3 is 6.36 Å². The van der Waals surface area contributed by atoms with Gasteiger partial charge in [0.1, 0.15) is 29.4 Å². The van der Waals surface area contributed by atoms with E-state index in [-0.39, 0.29) is 11.5 Å². The number of hydrogen-bond donors (Lipinski definition) is 3. The van der Waals surface area contributed by atoms with Crippen LogP contribution in [0, 0.1) is 0 Å². The Morgan fingerprint density at radius 3 is 2.26 bits per heavy atom. The van der Waals surface area contributed by atoms with E-state index in [9.17, 15) is 18.3 Å². The average molecular weight is 471 g/mol. The fourth-order valence-corrected chi connectivity index (χ4v) is 2.89. The van der Waals surface area contributed by atoms with Crippen molar-refractivity contribution in [1.82, 2.24) is 19.9 Å². The Kier molecular flexibility index (Phi) is 6.25. The molecule has 0 aliphatic rings. The van der Waals surface area contributed by atoms with E-state index in [4.69, 9.17) is 4.74 Å². The Hall–Kier alpha value is -4.68. The van der Waals surface area contributed by atoms with Crippen LogP contribution in [0.1, 0.15) is 5.56 Å². The molecule has 4 aromatic rings. The number of nitrogens with zero attached hydrogens (tertiary/aromatic N) is 5. The van der Waals surface area contributed by atoms with E-state index in [0.29, 0.717) is 39.7 Å². The number of alkyl halides is 3. The lowest BCUT2D eigenvalue weighted by Crippen LogP contribution is -2.16. The maximum absolute atomic E-state index is 12.3. The van der Waals surface area contributed by atoms with Crippen molar-refractivity contribution in [2.24, 2.45) is 5.10 Å². The smallest absolute Gasteiger partial charge is 0.504 e. The van der Waals surface area contributed by atoms with E-state index in [2.05, 4.69) is 40.5 Å². The van der Waals surface area contributed by atoms with Crippen molar-refractivity contribution in [3.05, 3.63) is 60.7 Å². The predicted octanol–water partition coefficient (Wildman–Crippen LogP) is 4.22. The molecule has 0 amide bonds. The van der Waals surface area contributed by atoms with Crippen LogP contribution in [0.4, 0.5) is 30.5 Å². The number of nitrogens with one attached hydrogen (secondary N) is 2. The van der Waals surface area contributed by atoms with Crippen LogP contribution in [0.15, 0.2) is 60.2 Å². The largest absolute Gasteiger partial charge is 0.573 e. The summed E-state index contributed by atoms with van der Waals surface area (Å²) in [7, 11) is 1.45. The molecule has 13 heteroatoms. The summed E-state index contributed by atoms with van der Waals surface area (Å²) in [6.45, 7) is 0. The Labute approximate surface area is 190 Å². The van der Waals surface area contributed by atoms with Crippen LogP contribution in [0.5, 0.6) is 17.2 Å². The molecule has 4 rings (SSSR count). The lowest BCUT2D eigenvalue weighted by Gasteiger charge is -2.11. The zero-order valence-electron chi connectivity index (χ0n) is 17.4. The molecule has 2 aromatic carbocycles. The maximum Gasteiger partial charge on any atom is 0.573 e. The van der Waals surface area contributed by atoms with Gasteiger partial charge in [0.25, 0.3) is 0 Å². The molecule has 0 unspecified atom stereocenters. The third-order valence-corrected chi connectivity index (χ3v) is 4.36. The number of ether oxygens (including phenoxy) is 2. The quantitative estimate of drug-likeness (QED) is 0.268. The number of anilines is 3. The number of phenols is 1. The van der Waals surface area contributed by atoms with E-state index < -0.39 is 6.36 Å². The third-order valence-electron chi connectivity index (χ3n) is 4.36. The van der Waals surface area contributed by atoms with E-state index >= 15 is 0 Å². The average Bonchev–Trinajstić information content (AvgIpc) is 2.80. The van der Waals surface area contributed by atoms with Crippen LogP contribution in [0.25, 0.3) is 11.0 Å². The fourth-order valence-electron chi connectivity index (χ4n) is 2.89. The van der Waals surface area contributed by atoms with Crippen molar-refractivity contribution < 1.29 is 27.8 Å². The highest BCUT2D eigenvalue weighted by molar-refractivity contribution is 5.93. The van der Waals surface area contributed by atoms with E-state index in [1.807, 2.05) is 0 Å². The van der Waals surface area contributed by atoms with Crippen molar-refractivity contribution in [3.63, 3.8) is 0 Å². The molecular formula is C21H16F3N7O3. The lowest BCUT2D eigenvalue weighted by atomic mass is 10.2. The molecule has 0 saturated heterocycles. The van der Waals surface area contributed by atoms with E-state index in [1.165, 1.54) is 56.3 Å². The van der Waals surface area contributed by atoms with Gasteiger partial charge in [-0.05, 0) is 48.0 Å². The standard InChI is InChI=1S/C21H16F3N7O3/c1-33-16-7-2-12(8-15(16)32)9-29-31-20-18-17(25-11-28-20)19(27-10-26-18)30-13-3-5-14(6-4-13)34-21(22,23)24/h2-11,32H,1H3,(H,25,28,31)(H,26,27,30). The Morgan fingerprint density at radius 1 is 0.941 bits per heavy atom. The summed E-state index contributed by atoms with van der Waals surface area (Å²) in [6, 6.07) is 9.95. The number of hydrogen-bond acceptors (Lipinski definition) is 10. The van der Waals surface area contributed by atoms with Gasteiger partial charge < -0.3 is 19.9 Å². The van der Waals surface area contributed by atoms with Gasteiger partial charge in [0, 0.05) is 5.69 Å². The molecule has 0 aliphatic carbocycles. The molecule has 174 valence electrons. The van der Waals surface area contributed by atoms with Crippen molar-refractivity contribution in [2.75, 3.05) is 17.9 Å². The van der Waals surface area contributed by atoms with Gasteiger partial charge in [0.15, 0.2) is 23.1 Å². The second-order valence-corrected chi connectivity index (χ2v) is 6.64. The van der Waals surface area contributed by atoms with E-state index in [0.717, 1.165) is 0 Å². The van der Waals surface area contributed by atoms with Crippen LogP contribution in [-0.4, -0.2) is 44.7 Å². The van der Waals surface area contributed by atoms with Gasteiger partial charge in [-0.2, -0.15) is 5.10 Å². The first kappa shape index (κ1) is 22.5. The van der Waals surface area contributed by atoms with Gasteiger partial charge in [-0.1, -0.05) is 0 Å². The summed E-state index contributed by atoms with van der Waals surface area (Å²) >= 11 is 0. The zero-order chi connectivity index (χ0) is 24.1. The minimum atomic E-state index is -4.77. The second-order valence-electron chi connectivity index (χ2n) is 6.64. The molecule has 2 aromatic heterocycles. The summed E-state index contributed by atoms with van der Waals surface area (Å²) in [6.07, 6.45) is -0.730. The molecule has 0 saturated carbocycles. The van der Waals surface area contributed by atoms with Crippen LogP contribution in [0.3, 0.4) is 0 Å². The number of methoxy groups -OCH3 is 1. The molecule has 2 heterocycles. The number of benzene rings is 2. The first-order chi connectivity index (χ1) is 16.3. The van der Waals surface area contributed by atoms with Gasteiger partial charge in [-0.3, -0.25) is 5.43 Å². The SMILES string of the molecule is COc1ccc(C=NNc2ncnc3c(Nc4ccc(OC(F)(F)F)cc4)ncnc23)cc1O. The van der Waals surface area contributed by atoms with Crippen molar-refractivity contribution in [3.8, 4) is 17.2 Å².